The highest BCUT2D eigenvalue weighted by atomic mass is 32.1. The van der Waals surface area contributed by atoms with Gasteiger partial charge in [-0.05, 0) is 32.1 Å². The molecule has 90 valence electrons. The van der Waals surface area contributed by atoms with Gasteiger partial charge in [-0.25, -0.2) is 4.98 Å². The Kier molecular flexibility index (Phi) is 4.36. The SMILES string of the molecule is Cc1ncsc1CCNC1CCCCC1C. The molecule has 0 radical (unpaired) electrons. The predicted molar refractivity (Wildman–Crippen MR) is 70.0 cm³/mol. The topological polar surface area (TPSA) is 24.9 Å². The number of aromatic nitrogens is 1. The van der Waals surface area contributed by atoms with Crippen molar-refractivity contribution in [1.82, 2.24) is 10.3 Å². The third kappa shape index (κ3) is 3.05. The van der Waals surface area contributed by atoms with E-state index < -0.39 is 0 Å². The van der Waals surface area contributed by atoms with E-state index in [1.165, 1.54) is 36.3 Å². The van der Waals surface area contributed by atoms with Gasteiger partial charge in [0.05, 0.1) is 11.2 Å². The zero-order valence-electron chi connectivity index (χ0n) is 10.3. The van der Waals surface area contributed by atoms with E-state index in [1.807, 2.05) is 5.51 Å². The molecular weight excluding hydrogens is 216 g/mol. The molecule has 1 N–H and O–H groups in total. The van der Waals surface area contributed by atoms with Gasteiger partial charge in [-0.15, -0.1) is 11.3 Å². The van der Waals surface area contributed by atoms with Gasteiger partial charge in [-0.2, -0.15) is 0 Å². The van der Waals surface area contributed by atoms with Crippen molar-refractivity contribution in [3.05, 3.63) is 16.1 Å². The van der Waals surface area contributed by atoms with Crippen molar-refractivity contribution in [2.75, 3.05) is 6.54 Å². The first-order valence-electron chi connectivity index (χ1n) is 6.39. The van der Waals surface area contributed by atoms with E-state index in [9.17, 15) is 0 Å². The fourth-order valence-corrected chi connectivity index (χ4v) is 3.34. The summed E-state index contributed by atoms with van der Waals surface area (Å²) in [6.07, 6.45) is 6.73. The van der Waals surface area contributed by atoms with Gasteiger partial charge in [0, 0.05) is 17.5 Å². The molecule has 2 atom stereocenters. The van der Waals surface area contributed by atoms with Crippen LogP contribution in [0.2, 0.25) is 0 Å². The molecule has 0 aliphatic heterocycles. The van der Waals surface area contributed by atoms with Crippen LogP contribution in [0, 0.1) is 12.8 Å². The number of hydrogen-bond donors (Lipinski definition) is 1. The molecule has 3 heteroatoms. The second kappa shape index (κ2) is 5.78. The highest BCUT2D eigenvalue weighted by Crippen LogP contribution is 2.23. The maximum absolute atomic E-state index is 4.29. The maximum Gasteiger partial charge on any atom is 0.0797 e. The molecule has 0 bridgehead atoms. The highest BCUT2D eigenvalue weighted by Gasteiger charge is 2.20. The van der Waals surface area contributed by atoms with Gasteiger partial charge >= 0.3 is 0 Å². The minimum atomic E-state index is 0.752. The van der Waals surface area contributed by atoms with E-state index in [-0.39, 0.29) is 0 Å². The van der Waals surface area contributed by atoms with E-state index in [2.05, 4.69) is 24.1 Å². The average molecular weight is 238 g/mol. The summed E-state index contributed by atoms with van der Waals surface area (Å²) in [4.78, 5) is 5.73. The lowest BCUT2D eigenvalue weighted by molar-refractivity contribution is 0.282. The minimum absolute atomic E-state index is 0.752. The molecule has 0 saturated heterocycles. The van der Waals surface area contributed by atoms with Crippen LogP contribution in [0.5, 0.6) is 0 Å². The van der Waals surface area contributed by atoms with Gasteiger partial charge in [0.15, 0.2) is 0 Å². The Hall–Kier alpha value is -0.410. The van der Waals surface area contributed by atoms with Crippen LogP contribution in [-0.4, -0.2) is 17.6 Å². The molecule has 1 aliphatic carbocycles. The van der Waals surface area contributed by atoms with Crippen LogP contribution in [0.1, 0.15) is 43.2 Å². The Bertz CT molecular complexity index is 321. The summed E-state index contributed by atoms with van der Waals surface area (Å²) in [5, 5.41) is 3.72. The van der Waals surface area contributed by atoms with Gasteiger partial charge in [0.25, 0.3) is 0 Å². The molecule has 1 heterocycles. The number of aryl methyl sites for hydroxylation is 1. The van der Waals surface area contributed by atoms with E-state index >= 15 is 0 Å². The number of nitrogens with one attached hydrogen (secondary N) is 1. The summed E-state index contributed by atoms with van der Waals surface area (Å²) in [5.74, 6) is 0.858. The third-order valence-corrected chi connectivity index (χ3v) is 4.71. The normalized spacial score (nSPS) is 25.9. The van der Waals surface area contributed by atoms with Gasteiger partial charge in [-0.3, -0.25) is 0 Å². The summed E-state index contributed by atoms with van der Waals surface area (Å²) in [5.41, 5.74) is 3.16. The molecule has 0 spiro atoms. The van der Waals surface area contributed by atoms with Crippen LogP contribution in [0.25, 0.3) is 0 Å². The van der Waals surface area contributed by atoms with E-state index in [4.69, 9.17) is 0 Å². The van der Waals surface area contributed by atoms with Gasteiger partial charge in [-0.1, -0.05) is 19.8 Å². The van der Waals surface area contributed by atoms with Gasteiger partial charge in [0.2, 0.25) is 0 Å². The number of nitrogens with zero attached hydrogens (tertiary/aromatic N) is 1. The molecule has 1 saturated carbocycles. The van der Waals surface area contributed by atoms with Crippen molar-refractivity contribution >= 4 is 11.3 Å². The Balaban J connectivity index is 1.73. The predicted octanol–water partition coefficient (Wildman–Crippen LogP) is 3.16. The van der Waals surface area contributed by atoms with Gasteiger partial charge < -0.3 is 5.32 Å². The number of rotatable bonds is 4. The lowest BCUT2D eigenvalue weighted by atomic mass is 9.86. The van der Waals surface area contributed by atoms with E-state index in [0.29, 0.717) is 0 Å². The van der Waals surface area contributed by atoms with Crippen LogP contribution in [-0.2, 0) is 6.42 Å². The molecule has 16 heavy (non-hydrogen) atoms. The minimum Gasteiger partial charge on any atom is -0.313 e. The molecule has 1 aromatic heterocycles. The van der Waals surface area contributed by atoms with Crippen molar-refractivity contribution in [3.8, 4) is 0 Å². The van der Waals surface area contributed by atoms with Crippen molar-refractivity contribution in [2.24, 2.45) is 5.92 Å². The summed E-state index contributed by atoms with van der Waals surface area (Å²) in [7, 11) is 0. The standard InChI is InChI=1S/C13H22N2S/c1-10-5-3-4-6-12(10)14-8-7-13-11(2)15-9-16-13/h9-10,12,14H,3-8H2,1-2H3. The lowest BCUT2D eigenvalue weighted by Crippen LogP contribution is -2.38. The first-order valence-corrected chi connectivity index (χ1v) is 7.27. The fourth-order valence-electron chi connectivity index (χ4n) is 2.56. The number of hydrogen-bond acceptors (Lipinski definition) is 3. The summed E-state index contributed by atoms with van der Waals surface area (Å²) in [6.45, 7) is 5.60. The number of thiazole rings is 1. The Morgan fingerprint density at radius 2 is 2.25 bits per heavy atom. The van der Waals surface area contributed by atoms with Crippen molar-refractivity contribution in [3.63, 3.8) is 0 Å². The second-order valence-electron chi connectivity index (χ2n) is 4.93. The van der Waals surface area contributed by atoms with Crippen LogP contribution in [0.15, 0.2) is 5.51 Å². The lowest BCUT2D eigenvalue weighted by Gasteiger charge is -2.29. The fraction of sp³-hybridized carbons (Fsp3) is 0.769. The molecule has 1 aromatic rings. The van der Waals surface area contributed by atoms with E-state index in [1.54, 1.807) is 11.3 Å². The zero-order chi connectivity index (χ0) is 11.4. The van der Waals surface area contributed by atoms with Crippen LogP contribution in [0.3, 0.4) is 0 Å². The Morgan fingerprint density at radius 1 is 1.44 bits per heavy atom. The van der Waals surface area contributed by atoms with Crippen molar-refractivity contribution < 1.29 is 0 Å². The molecule has 2 nitrogen and oxygen atoms in total. The van der Waals surface area contributed by atoms with Crippen LogP contribution in [0.4, 0.5) is 0 Å². The molecule has 1 fully saturated rings. The molecule has 0 aromatic carbocycles. The molecule has 2 unspecified atom stereocenters. The summed E-state index contributed by atoms with van der Waals surface area (Å²) >= 11 is 1.79. The Morgan fingerprint density at radius 3 is 2.94 bits per heavy atom. The smallest absolute Gasteiger partial charge is 0.0797 e. The van der Waals surface area contributed by atoms with E-state index in [0.717, 1.165) is 24.9 Å². The quantitative estimate of drug-likeness (QED) is 0.871. The molecule has 2 rings (SSSR count). The summed E-state index contributed by atoms with van der Waals surface area (Å²) < 4.78 is 0. The second-order valence-corrected chi connectivity index (χ2v) is 5.87. The monoisotopic (exact) mass is 238 g/mol. The summed E-state index contributed by atoms with van der Waals surface area (Å²) in [6, 6.07) is 0.752. The Labute approximate surface area is 102 Å². The van der Waals surface area contributed by atoms with Gasteiger partial charge in [0.1, 0.15) is 0 Å². The third-order valence-electron chi connectivity index (χ3n) is 3.71. The maximum atomic E-state index is 4.29. The molecule has 0 amide bonds. The average Bonchev–Trinajstić information content (AvgIpc) is 2.67. The van der Waals surface area contributed by atoms with Crippen molar-refractivity contribution in [2.45, 2.75) is 52.0 Å². The first-order chi connectivity index (χ1) is 7.77. The van der Waals surface area contributed by atoms with Crippen LogP contribution < -0.4 is 5.32 Å². The zero-order valence-corrected chi connectivity index (χ0v) is 11.1. The van der Waals surface area contributed by atoms with Crippen LogP contribution >= 0.6 is 11.3 Å². The molecule has 1 aliphatic rings. The molecular formula is C13H22N2S. The van der Waals surface area contributed by atoms with Crippen molar-refractivity contribution in [1.29, 1.82) is 0 Å². The first kappa shape index (κ1) is 12.1. The largest absolute Gasteiger partial charge is 0.313 e. The highest BCUT2D eigenvalue weighted by molar-refractivity contribution is 7.09.